The van der Waals surface area contributed by atoms with E-state index in [0.717, 1.165) is 11.3 Å². The molecule has 1 aromatic rings. The summed E-state index contributed by atoms with van der Waals surface area (Å²) in [5.74, 6) is 5.66. The normalized spacial score (nSPS) is 19.3. The standard InChI is InChI=1S/C11H14N2O3/c1-7-11(14)13(2)9-5-8(6-15-12)3-4-10(9)16-7/h3-5,7H,6,12H2,1-2H3. The fraction of sp³-hybridized carbons (Fsp3) is 0.364. The van der Waals surface area contributed by atoms with Crippen LogP contribution < -0.4 is 15.5 Å². The van der Waals surface area contributed by atoms with Crippen LogP contribution in [-0.2, 0) is 16.2 Å². The molecule has 5 nitrogen and oxygen atoms in total. The molecule has 0 aliphatic carbocycles. The highest BCUT2D eigenvalue weighted by Gasteiger charge is 2.28. The van der Waals surface area contributed by atoms with Crippen molar-refractivity contribution >= 4 is 11.6 Å². The average molecular weight is 222 g/mol. The lowest BCUT2D eigenvalue weighted by Gasteiger charge is -2.30. The number of anilines is 1. The van der Waals surface area contributed by atoms with Gasteiger partial charge in [-0.2, -0.15) is 0 Å². The van der Waals surface area contributed by atoms with Gasteiger partial charge >= 0.3 is 0 Å². The molecular weight excluding hydrogens is 208 g/mol. The van der Waals surface area contributed by atoms with E-state index in [2.05, 4.69) is 4.84 Å². The average Bonchev–Trinajstić information content (AvgIpc) is 2.28. The number of likely N-dealkylation sites (N-methyl/N-ethyl adjacent to an activating group) is 1. The molecule has 0 aromatic heterocycles. The number of rotatable bonds is 2. The number of fused-ring (bicyclic) bond motifs is 1. The van der Waals surface area contributed by atoms with Crippen molar-refractivity contribution in [1.29, 1.82) is 0 Å². The minimum atomic E-state index is -0.436. The zero-order valence-corrected chi connectivity index (χ0v) is 9.27. The lowest BCUT2D eigenvalue weighted by Crippen LogP contribution is -2.42. The number of carbonyl (C=O) groups excluding carboxylic acids is 1. The topological polar surface area (TPSA) is 64.8 Å². The predicted octanol–water partition coefficient (Wildman–Crippen LogP) is 0.821. The zero-order valence-electron chi connectivity index (χ0n) is 9.27. The second kappa shape index (κ2) is 4.11. The molecule has 2 N–H and O–H groups in total. The Hall–Kier alpha value is -1.59. The largest absolute Gasteiger partial charge is 0.479 e. The van der Waals surface area contributed by atoms with Crippen molar-refractivity contribution in [3.63, 3.8) is 0 Å². The number of benzene rings is 1. The van der Waals surface area contributed by atoms with Crippen LogP contribution in [0.1, 0.15) is 12.5 Å². The van der Waals surface area contributed by atoms with E-state index in [0.29, 0.717) is 12.4 Å². The smallest absolute Gasteiger partial charge is 0.267 e. The molecule has 0 saturated carbocycles. The van der Waals surface area contributed by atoms with E-state index in [-0.39, 0.29) is 5.91 Å². The van der Waals surface area contributed by atoms with Gasteiger partial charge in [0.15, 0.2) is 6.10 Å². The molecule has 1 atom stereocenters. The molecule has 86 valence electrons. The lowest BCUT2D eigenvalue weighted by molar-refractivity contribution is -0.125. The Morgan fingerprint density at radius 2 is 2.31 bits per heavy atom. The van der Waals surface area contributed by atoms with E-state index in [1.165, 1.54) is 0 Å². The van der Waals surface area contributed by atoms with Crippen LogP contribution in [0.4, 0.5) is 5.69 Å². The monoisotopic (exact) mass is 222 g/mol. The number of hydrogen-bond donors (Lipinski definition) is 1. The second-order valence-electron chi connectivity index (χ2n) is 3.77. The highest BCUT2D eigenvalue weighted by atomic mass is 16.6. The first-order valence-corrected chi connectivity index (χ1v) is 5.02. The van der Waals surface area contributed by atoms with Crippen LogP contribution in [0.15, 0.2) is 18.2 Å². The molecule has 1 unspecified atom stereocenters. The van der Waals surface area contributed by atoms with Gasteiger partial charge in [-0.15, -0.1) is 0 Å². The van der Waals surface area contributed by atoms with Crippen molar-refractivity contribution in [2.75, 3.05) is 11.9 Å². The number of hydrogen-bond acceptors (Lipinski definition) is 4. The Bertz CT molecular complexity index is 420. The summed E-state index contributed by atoms with van der Waals surface area (Å²) >= 11 is 0. The van der Waals surface area contributed by atoms with E-state index < -0.39 is 6.10 Å². The number of carbonyl (C=O) groups is 1. The summed E-state index contributed by atoms with van der Waals surface area (Å²) < 4.78 is 5.48. The lowest BCUT2D eigenvalue weighted by atomic mass is 10.1. The summed E-state index contributed by atoms with van der Waals surface area (Å²) in [6.45, 7) is 2.05. The van der Waals surface area contributed by atoms with Crippen LogP contribution in [0.3, 0.4) is 0 Å². The Morgan fingerprint density at radius 3 is 3.00 bits per heavy atom. The van der Waals surface area contributed by atoms with Gasteiger partial charge in [0.25, 0.3) is 5.91 Å². The van der Waals surface area contributed by atoms with E-state index in [9.17, 15) is 4.79 Å². The molecule has 5 heteroatoms. The van der Waals surface area contributed by atoms with Gasteiger partial charge in [0.2, 0.25) is 0 Å². The van der Waals surface area contributed by atoms with Gasteiger partial charge in [-0.1, -0.05) is 6.07 Å². The molecule has 16 heavy (non-hydrogen) atoms. The molecule has 1 aliphatic heterocycles. The van der Waals surface area contributed by atoms with E-state index >= 15 is 0 Å². The Kier molecular flexibility index (Phi) is 2.80. The minimum Gasteiger partial charge on any atom is -0.479 e. The highest BCUT2D eigenvalue weighted by molar-refractivity contribution is 5.99. The number of nitrogens with zero attached hydrogens (tertiary/aromatic N) is 1. The maximum Gasteiger partial charge on any atom is 0.267 e. The maximum atomic E-state index is 11.7. The number of nitrogens with two attached hydrogens (primary N) is 1. The molecule has 1 amide bonds. The maximum absolute atomic E-state index is 11.7. The first kappa shape index (κ1) is 10.9. The summed E-state index contributed by atoms with van der Waals surface area (Å²) in [5.41, 5.74) is 1.65. The fourth-order valence-corrected chi connectivity index (χ4v) is 1.74. The van der Waals surface area contributed by atoms with Gasteiger partial charge < -0.3 is 9.64 Å². The Balaban J connectivity index is 2.38. The fourth-order valence-electron chi connectivity index (χ4n) is 1.74. The summed E-state index contributed by atoms with van der Waals surface area (Å²) in [6, 6.07) is 5.52. The zero-order chi connectivity index (χ0) is 11.7. The SMILES string of the molecule is CC1Oc2ccc(CON)cc2N(C)C1=O. The van der Waals surface area contributed by atoms with Crippen molar-refractivity contribution < 1.29 is 14.4 Å². The minimum absolute atomic E-state index is 0.0571. The molecular formula is C11H14N2O3. The molecule has 0 bridgehead atoms. The van der Waals surface area contributed by atoms with Crippen molar-refractivity contribution in [3.05, 3.63) is 23.8 Å². The van der Waals surface area contributed by atoms with Gasteiger partial charge in [-0.25, -0.2) is 5.90 Å². The first-order valence-electron chi connectivity index (χ1n) is 5.02. The summed E-state index contributed by atoms with van der Waals surface area (Å²) in [5, 5.41) is 0. The second-order valence-corrected chi connectivity index (χ2v) is 3.77. The predicted molar refractivity (Wildman–Crippen MR) is 58.9 cm³/mol. The first-order chi connectivity index (χ1) is 7.63. The molecule has 2 rings (SSSR count). The van der Waals surface area contributed by atoms with E-state index in [4.69, 9.17) is 10.6 Å². The van der Waals surface area contributed by atoms with Crippen LogP contribution in [0.5, 0.6) is 5.75 Å². The summed E-state index contributed by atoms with van der Waals surface area (Å²) in [7, 11) is 1.73. The van der Waals surface area contributed by atoms with Crippen molar-refractivity contribution in [3.8, 4) is 5.75 Å². The van der Waals surface area contributed by atoms with Gasteiger partial charge in [-0.3, -0.25) is 9.63 Å². The van der Waals surface area contributed by atoms with Crippen molar-refractivity contribution in [2.45, 2.75) is 19.6 Å². The molecule has 1 heterocycles. The molecule has 0 fully saturated rings. The van der Waals surface area contributed by atoms with Crippen LogP contribution in [0, 0.1) is 0 Å². The molecule has 0 radical (unpaired) electrons. The highest BCUT2D eigenvalue weighted by Crippen LogP contribution is 2.33. The van der Waals surface area contributed by atoms with Crippen LogP contribution in [-0.4, -0.2) is 19.1 Å². The number of ether oxygens (including phenoxy) is 1. The number of amides is 1. The van der Waals surface area contributed by atoms with Crippen molar-refractivity contribution in [1.82, 2.24) is 0 Å². The van der Waals surface area contributed by atoms with Gasteiger partial charge in [-0.05, 0) is 24.6 Å². The molecule has 1 aliphatic rings. The van der Waals surface area contributed by atoms with Crippen molar-refractivity contribution in [2.24, 2.45) is 5.90 Å². The molecule has 0 spiro atoms. The molecule has 1 aromatic carbocycles. The van der Waals surface area contributed by atoms with Gasteiger partial charge in [0, 0.05) is 7.05 Å². The quantitative estimate of drug-likeness (QED) is 0.752. The van der Waals surface area contributed by atoms with Gasteiger partial charge in [0.05, 0.1) is 12.3 Å². The van der Waals surface area contributed by atoms with Gasteiger partial charge in [0.1, 0.15) is 5.75 Å². The van der Waals surface area contributed by atoms with E-state index in [1.54, 1.807) is 18.9 Å². The van der Waals surface area contributed by atoms with Crippen LogP contribution in [0.2, 0.25) is 0 Å². The third-order valence-electron chi connectivity index (χ3n) is 2.62. The Labute approximate surface area is 93.7 Å². The van der Waals surface area contributed by atoms with Crippen LogP contribution in [0.25, 0.3) is 0 Å². The summed E-state index contributed by atoms with van der Waals surface area (Å²) in [4.78, 5) is 17.8. The van der Waals surface area contributed by atoms with Crippen LogP contribution >= 0.6 is 0 Å². The molecule has 0 saturated heterocycles. The third-order valence-corrected chi connectivity index (χ3v) is 2.62. The van der Waals surface area contributed by atoms with E-state index in [1.807, 2.05) is 18.2 Å². The summed E-state index contributed by atoms with van der Waals surface area (Å²) in [6.07, 6.45) is -0.436. The Morgan fingerprint density at radius 1 is 1.56 bits per heavy atom. The third kappa shape index (κ3) is 1.75.